The van der Waals surface area contributed by atoms with Crippen LogP contribution in [0.15, 0.2) is 82.3 Å². The summed E-state index contributed by atoms with van der Waals surface area (Å²) in [5.74, 6) is 1.46. The molecule has 5 rings (SSSR count). The van der Waals surface area contributed by atoms with Crippen molar-refractivity contribution in [1.29, 1.82) is 0 Å². The fourth-order valence-corrected chi connectivity index (χ4v) is 3.95. The van der Waals surface area contributed by atoms with E-state index in [1.165, 1.54) is 0 Å². The number of para-hydroxylation sites is 1. The molecule has 1 aromatic heterocycles. The highest BCUT2D eigenvalue weighted by Gasteiger charge is 2.34. The van der Waals surface area contributed by atoms with E-state index in [1.54, 1.807) is 12.3 Å². The average Bonchev–Trinajstić information content (AvgIpc) is 3.28. The molecule has 2 atom stereocenters. The number of hydrogen-bond acceptors (Lipinski definition) is 5. The Hall–Kier alpha value is -3.15. The van der Waals surface area contributed by atoms with Crippen LogP contribution in [0.3, 0.4) is 0 Å². The standard InChI is InChI=1S/C24H17Cl2N3O2/c25-19-10-4-1-8-16(19)14-27-23-18(13-15-7-2-6-12-21(15)30-23)22-28-24(31-29-22)17-9-3-5-11-20(17)26/h1-12,14,18,23H,13H2/b27-14+. The Kier molecular flexibility index (Phi) is 5.45. The van der Waals surface area contributed by atoms with Crippen molar-refractivity contribution in [3.05, 3.63) is 99.8 Å². The summed E-state index contributed by atoms with van der Waals surface area (Å²) in [5, 5.41) is 5.41. The van der Waals surface area contributed by atoms with Gasteiger partial charge in [0.25, 0.3) is 5.89 Å². The molecular formula is C24H17Cl2N3O2. The second-order valence-electron chi connectivity index (χ2n) is 7.16. The summed E-state index contributed by atoms with van der Waals surface area (Å²) < 4.78 is 11.7. The smallest absolute Gasteiger partial charge is 0.259 e. The van der Waals surface area contributed by atoms with Crippen LogP contribution in [-0.2, 0) is 6.42 Å². The summed E-state index contributed by atoms with van der Waals surface area (Å²) in [6, 6.07) is 22.8. The monoisotopic (exact) mass is 449 g/mol. The van der Waals surface area contributed by atoms with Gasteiger partial charge in [-0.15, -0.1) is 0 Å². The maximum absolute atomic E-state index is 6.29. The lowest BCUT2D eigenvalue weighted by atomic mass is 9.93. The van der Waals surface area contributed by atoms with Crippen molar-refractivity contribution in [2.45, 2.75) is 18.6 Å². The van der Waals surface area contributed by atoms with Crippen LogP contribution in [0.4, 0.5) is 0 Å². The fraction of sp³-hybridized carbons (Fsp3) is 0.125. The average molecular weight is 450 g/mol. The van der Waals surface area contributed by atoms with Crippen LogP contribution in [0.25, 0.3) is 11.5 Å². The summed E-state index contributed by atoms with van der Waals surface area (Å²) in [6.07, 6.45) is 1.87. The molecule has 5 nitrogen and oxygen atoms in total. The molecule has 4 aromatic rings. The third-order valence-electron chi connectivity index (χ3n) is 5.15. The largest absolute Gasteiger partial charge is 0.468 e. The molecule has 0 bridgehead atoms. The minimum absolute atomic E-state index is 0.228. The first kappa shape index (κ1) is 19.8. The number of aromatic nitrogens is 2. The van der Waals surface area contributed by atoms with Gasteiger partial charge in [-0.25, -0.2) is 4.99 Å². The van der Waals surface area contributed by atoms with Crippen LogP contribution < -0.4 is 4.74 Å². The van der Waals surface area contributed by atoms with Crippen molar-refractivity contribution < 1.29 is 9.26 Å². The number of halogens is 2. The van der Waals surface area contributed by atoms with E-state index < -0.39 is 6.23 Å². The number of fused-ring (bicyclic) bond motifs is 1. The normalized spacial score (nSPS) is 18.0. The molecule has 3 aromatic carbocycles. The van der Waals surface area contributed by atoms with Crippen molar-refractivity contribution >= 4 is 29.4 Å². The molecule has 0 amide bonds. The van der Waals surface area contributed by atoms with Crippen LogP contribution in [0.5, 0.6) is 5.75 Å². The zero-order valence-corrected chi connectivity index (χ0v) is 17.8. The highest BCUT2D eigenvalue weighted by Crippen LogP contribution is 2.37. The molecule has 0 saturated carbocycles. The molecule has 1 aliphatic rings. The molecule has 0 fully saturated rings. The zero-order valence-electron chi connectivity index (χ0n) is 16.3. The fourth-order valence-electron chi connectivity index (χ4n) is 3.55. The lowest BCUT2D eigenvalue weighted by molar-refractivity contribution is 0.153. The van der Waals surface area contributed by atoms with Crippen molar-refractivity contribution in [3.63, 3.8) is 0 Å². The Labute approximate surface area is 189 Å². The molecule has 2 heterocycles. The van der Waals surface area contributed by atoms with Gasteiger partial charge < -0.3 is 9.26 Å². The second-order valence-corrected chi connectivity index (χ2v) is 7.98. The number of aliphatic imine (C=N–C) groups is 1. The summed E-state index contributed by atoms with van der Waals surface area (Å²) in [4.78, 5) is 9.31. The van der Waals surface area contributed by atoms with E-state index in [1.807, 2.05) is 66.7 Å². The molecule has 1 aliphatic heterocycles. The van der Waals surface area contributed by atoms with E-state index >= 15 is 0 Å². The molecule has 0 saturated heterocycles. The summed E-state index contributed by atoms with van der Waals surface area (Å²) in [5.41, 5.74) is 2.58. The molecule has 0 aliphatic carbocycles. The van der Waals surface area contributed by atoms with Gasteiger partial charge in [0.05, 0.1) is 16.5 Å². The first-order chi connectivity index (χ1) is 15.2. The van der Waals surface area contributed by atoms with E-state index in [4.69, 9.17) is 37.5 Å². The highest BCUT2D eigenvalue weighted by molar-refractivity contribution is 6.33. The maximum Gasteiger partial charge on any atom is 0.259 e. The van der Waals surface area contributed by atoms with E-state index in [0.29, 0.717) is 33.7 Å². The predicted molar refractivity (Wildman–Crippen MR) is 121 cm³/mol. The van der Waals surface area contributed by atoms with E-state index in [2.05, 4.69) is 10.1 Å². The van der Waals surface area contributed by atoms with Crippen LogP contribution >= 0.6 is 23.2 Å². The van der Waals surface area contributed by atoms with Gasteiger partial charge in [-0.3, -0.25) is 0 Å². The Bertz CT molecular complexity index is 1250. The van der Waals surface area contributed by atoms with Crippen LogP contribution in [-0.4, -0.2) is 22.6 Å². The number of rotatable bonds is 4. The van der Waals surface area contributed by atoms with Crippen molar-refractivity contribution in [3.8, 4) is 17.2 Å². The Balaban J connectivity index is 1.50. The van der Waals surface area contributed by atoms with Crippen molar-refractivity contribution in [2.75, 3.05) is 0 Å². The summed E-state index contributed by atoms with van der Waals surface area (Å²) >= 11 is 12.6. The van der Waals surface area contributed by atoms with Gasteiger partial charge in [-0.1, -0.05) is 76.9 Å². The van der Waals surface area contributed by atoms with Crippen LogP contribution in [0, 0.1) is 0 Å². The van der Waals surface area contributed by atoms with Crippen molar-refractivity contribution in [1.82, 2.24) is 10.1 Å². The summed E-state index contributed by atoms with van der Waals surface area (Å²) in [7, 11) is 0. The first-order valence-corrected chi connectivity index (χ1v) is 10.6. The predicted octanol–water partition coefficient (Wildman–Crippen LogP) is 6.21. The van der Waals surface area contributed by atoms with Gasteiger partial charge in [0.2, 0.25) is 0 Å². The van der Waals surface area contributed by atoms with E-state index in [-0.39, 0.29) is 5.92 Å². The van der Waals surface area contributed by atoms with Gasteiger partial charge in [0.15, 0.2) is 12.1 Å². The number of hydrogen-bond donors (Lipinski definition) is 0. The molecule has 0 spiro atoms. The van der Waals surface area contributed by atoms with Crippen LogP contribution in [0.1, 0.15) is 22.9 Å². The minimum Gasteiger partial charge on any atom is -0.468 e. The first-order valence-electron chi connectivity index (χ1n) is 9.80. The van der Waals surface area contributed by atoms with Gasteiger partial charge >= 0.3 is 0 Å². The second kappa shape index (κ2) is 8.53. The molecule has 2 unspecified atom stereocenters. The molecule has 7 heteroatoms. The topological polar surface area (TPSA) is 60.5 Å². The summed E-state index contributed by atoms with van der Waals surface area (Å²) in [6.45, 7) is 0. The lowest BCUT2D eigenvalue weighted by Gasteiger charge is -2.29. The molecule has 31 heavy (non-hydrogen) atoms. The minimum atomic E-state index is -0.525. The number of ether oxygens (including phenoxy) is 1. The maximum atomic E-state index is 6.29. The Morgan fingerprint density at radius 3 is 2.48 bits per heavy atom. The highest BCUT2D eigenvalue weighted by atomic mass is 35.5. The quantitative estimate of drug-likeness (QED) is 0.347. The molecule has 154 valence electrons. The van der Waals surface area contributed by atoms with Gasteiger partial charge in [0, 0.05) is 16.8 Å². The van der Waals surface area contributed by atoms with Gasteiger partial charge in [-0.2, -0.15) is 4.98 Å². The Morgan fingerprint density at radius 1 is 0.903 bits per heavy atom. The van der Waals surface area contributed by atoms with E-state index in [0.717, 1.165) is 16.9 Å². The third kappa shape index (κ3) is 4.07. The molecule has 0 radical (unpaired) electrons. The Morgan fingerprint density at radius 2 is 1.65 bits per heavy atom. The number of nitrogens with zero attached hydrogens (tertiary/aromatic N) is 3. The number of benzene rings is 3. The van der Waals surface area contributed by atoms with Gasteiger partial charge in [0.1, 0.15) is 5.75 Å². The van der Waals surface area contributed by atoms with E-state index in [9.17, 15) is 0 Å². The van der Waals surface area contributed by atoms with Crippen LogP contribution in [0.2, 0.25) is 10.0 Å². The van der Waals surface area contributed by atoms with Gasteiger partial charge in [-0.05, 0) is 36.2 Å². The van der Waals surface area contributed by atoms with Crippen molar-refractivity contribution in [2.24, 2.45) is 4.99 Å². The molecular weight excluding hydrogens is 433 g/mol. The lowest BCUT2D eigenvalue weighted by Crippen LogP contribution is -2.30. The zero-order chi connectivity index (χ0) is 21.2. The molecule has 0 N–H and O–H groups in total. The SMILES string of the molecule is Clc1ccccc1/C=N/C1Oc2ccccc2CC1c1noc(-c2ccccc2Cl)n1. The third-order valence-corrected chi connectivity index (χ3v) is 5.82.